The first-order valence-electron chi connectivity index (χ1n) is 6.20. The largest absolute Gasteiger partial charge is 0.331 e. The van der Waals surface area contributed by atoms with Crippen molar-refractivity contribution < 1.29 is 4.79 Å². The van der Waals surface area contributed by atoms with Crippen molar-refractivity contribution in [1.29, 1.82) is 0 Å². The molecule has 1 fully saturated rings. The average Bonchev–Trinajstić information content (AvgIpc) is 2.87. The predicted octanol–water partition coefficient (Wildman–Crippen LogP) is 3.23. The van der Waals surface area contributed by atoms with E-state index < -0.39 is 0 Å². The summed E-state index contributed by atoms with van der Waals surface area (Å²) in [6, 6.07) is 2.36. The smallest absolute Gasteiger partial charge is 0.317 e. The van der Waals surface area contributed by atoms with Crippen molar-refractivity contribution in [3.63, 3.8) is 0 Å². The lowest BCUT2D eigenvalue weighted by molar-refractivity contribution is 0.205. The molecule has 2 rings (SSSR count). The van der Waals surface area contributed by atoms with Crippen LogP contribution in [-0.4, -0.2) is 24.0 Å². The van der Waals surface area contributed by atoms with Gasteiger partial charge in [0, 0.05) is 22.8 Å². The maximum absolute atomic E-state index is 12.0. The van der Waals surface area contributed by atoms with Crippen LogP contribution >= 0.6 is 11.3 Å². The number of likely N-dealkylation sites (tertiary alicyclic amines) is 1. The molecule has 94 valence electrons. The second kappa shape index (κ2) is 5.08. The number of hydrogen-bond donors (Lipinski definition) is 1. The molecule has 0 bridgehead atoms. The molecule has 0 saturated carbocycles. The molecule has 0 radical (unpaired) electrons. The Morgan fingerprint density at radius 3 is 2.59 bits per heavy atom. The van der Waals surface area contributed by atoms with Gasteiger partial charge in [-0.15, -0.1) is 11.3 Å². The van der Waals surface area contributed by atoms with E-state index in [0.717, 1.165) is 25.9 Å². The van der Waals surface area contributed by atoms with Crippen molar-refractivity contribution in [1.82, 2.24) is 10.2 Å². The van der Waals surface area contributed by atoms with E-state index >= 15 is 0 Å². The number of carbonyl (C=O) groups excluding carboxylic acids is 1. The summed E-state index contributed by atoms with van der Waals surface area (Å²) < 4.78 is 0. The van der Waals surface area contributed by atoms with Gasteiger partial charge in [0.2, 0.25) is 0 Å². The fourth-order valence-electron chi connectivity index (χ4n) is 2.35. The van der Waals surface area contributed by atoms with Crippen LogP contribution in [-0.2, 0) is 0 Å². The Balaban J connectivity index is 1.98. The number of nitrogens with zero attached hydrogens (tertiary/aromatic N) is 1. The van der Waals surface area contributed by atoms with Crippen molar-refractivity contribution in [2.45, 2.75) is 39.7 Å². The zero-order valence-corrected chi connectivity index (χ0v) is 11.6. The highest BCUT2D eigenvalue weighted by Gasteiger charge is 2.20. The summed E-state index contributed by atoms with van der Waals surface area (Å²) in [7, 11) is 0. The number of thiophene rings is 1. The van der Waals surface area contributed by atoms with Crippen LogP contribution in [0.25, 0.3) is 0 Å². The highest BCUT2D eigenvalue weighted by atomic mass is 32.1. The number of urea groups is 1. The Morgan fingerprint density at radius 1 is 1.41 bits per heavy atom. The molecule has 2 heterocycles. The highest BCUT2D eigenvalue weighted by molar-refractivity contribution is 7.12. The van der Waals surface area contributed by atoms with Crippen LogP contribution < -0.4 is 5.32 Å². The van der Waals surface area contributed by atoms with E-state index in [2.05, 4.69) is 32.2 Å². The maximum atomic E-state index is 12.0. The molecule has 1 unspecified atom stereocenters. The minimum Gasteiger partial charge on any atom is -0.331 e. The van der Waals surface area contributed by atoms with Crippen LogP contribution in [0.3, 0.4) is 0 Å². The van der Waals surface area contributed by atoms with Gasteiger partial charge in [-0.3, -0.25) is 0 Å². The molecule has 1 atom stereocenters. The molecule has 17 heavy (non-hydrogen) atoms. The van der Waals surface area contributed by atoms with E-state index in [9.17, 15) is 4.79 Å². The zero-order valence-electron chi connectivity index (χ0n) is 10.7. The lowest BCUT2D eigenvalue weighted by atomic mass is 10.1. The summed E-state index contributed by atoms with van der Waals surface area (Å²) in [5.41, 5.74) is 1.25. The molecule has 1 aromatic rings. The van der Waals surface area contributed by atoms with Crippen LogP contribution in [0.4, 0.5) is 4.79 Å². The van der Waals surface area contributed by atoms with Crippen molar-refractivity contribution >= 4 is 17.4 Å². The minimum atomic E-state index is 0.0817. The average molecular weight is 252 g/mol. The standard InChI is InChI=1S/C13H20N2OS/c1-9-8-12(11(3)17-9)10(2)14-13(16)15-6-4-5-7-15/h8,10H,4-7H2,1-3H3,(H,14,16). The van der Waals surface area contributed by atoms with Gasteiger partial charge in [-0.1, -0.05) is 0 Å². The summed E-state index contributed by atoms with van der Waals surface area (Å²) in [4.78, 5) is 16.5. The summed E-state index contributed by atoms with van der Waals surface area (Å²) in [6.07, 6.45) is 2.27. The molecule has 1 N–H and O–H groups in total. The molecule has 0 spiro atoms. The molecule has 0 aromatic carbocycles. The number of hydrogen-bond acceptors (Lipinski definition) is 2. The van der Waals surface area contributed by atoms with Crippen molar-refractivity contribution in [3.05, 3.63) is 21.4 Å². The van der Waals surface area contributed by atoms with Gasteiger partial charge >= 0.3 is 6.03 Å². The number of aryl methyl sites for hydroxylation is 2. The molecule has 1 aliphatic rings. The fourth-order valence-corrected chi connectivity index (χ4v) is 3.38. The number of carbonyl (C=O) groups is 1. The van der Waals surface area contributed by atoms with Gasteiger partial charge in [-0.05, 0) is 45.2 Å². The van der Waals surface area contributed by atoms with Gasteiger partial charge in [0.15, 0.2) is 0 Å². The lowest BCUT2D eigenvalue weighted by Gasteiger charge is -2.20. The first-order chi connectivity index (χ1) is 8.08. The van der Waals surface area contributed by atoms with Crippen LogP contribution in [0, 0.1) is 13.8 Å². The molecular weight excluding hydrogens is 232 g/mol. The van der Waals surface area contributed by atoms with Crippen molar-refractivity contribution in [2.24, 2.45) is 0 Å². The van der Waals surface area contributed by atoms with Gasteiger partial charge in [0.25, 0.3) is 0 Å². The monoisotopic (exact) mass is 252 g/mol. The third-order valence-corrected chi connectivity index (χ3v) is 4.26. The fraction of sp³-hybridized carbons (Fsp3) is 0.615. The molecule has 1 aromatic heterocycles. The third kappa shape index (κ3) is 2.80. The van der Waals surface area contributed by atoms with Crippen LogP contribution in [0.1, 0.15) is 41.1 Å². The normalized spacial score (nSPS) is 17.2. The van der Waals surface area contributed by atoms with Gasteiger partial charge < -0.3 is 10.2 Å². The summed E-state index contributed by atoms with van der Waals surface area (Å²) in [5, 5.41) is 3.09. The molecule has 1 saturated heterocycles. The van der Waals surface area contributed by atoms with Gasteiger partial charge in [0.1, 0.15) is 0 Å². The Labute approximate surface area is 107 Å². The first-order valence-corrected chi connectivity index (χ1v) is 7.02. The Hall–Kier alpha value is -1.03. The van der Waals surface area contributed by atoms with E-state index in [4.69, 9.17) is 0 Å². The lowest BCUT2D eigenvalue weighted by Crippen LogP contribution is -2.39. The van der Waals surface area contributed by atoms with Gasteiger partial charge in [-0.25, -0.2) is 4.79 Å². The summed E-state index contributed by atoms with van der Waals surface area (Å²) in [5.74, 6) is 0. The molecule has 4 heteroatoms. The van der Waals surface area contributed by atoms with E-state index in [1.165, 1.54) is 15.3 Å². The quantitative estimate of drug-likeness (QED) is 0.861. The van der Waals surface area contributed by atoms with Crippen LogP contribution in [0.5, 0.6) is 0 Å². The third-order valence-electron chi connectivity index (χ3n) is 3.28. The summed E-state index contributed by atoms with van der Waals surface area (Å²) in [6.45, 7) is 8.09. The Morgan fingerprint density at radius 2 is 2.06 bits per heavy atom. The predicted molar refractivity (Wildman–Crippen MR) is 71.5 cm³/mol. The van der Waals surface area contributed by atoms with Crippen LogP contribution in [0.2, 0.25) is 0 Å². The Bertz CT molecular complexity index is 408. The van der Waals surface area contributed by atoms with Crippen molar-refractivity contribution in [2.75, 3.05) is 13.1 Å². The molecule has 3 nitrogen and oxygen atoms in total. The number of rotatable bonds is 2. The first kappa shape index (κ1) is 12.4. The second-order valence-electron chi connectivity index (χ2n) is 4.73. The summed E-state index contributed by atoms with van der Waals surface area (Å²) >= 11 is 1.79. The number of nitrogens with one attached hydrogen (secondary N) is 1. The zero-order chi connectivity index (χ0) is 12.4. The second-order valence-corrected chi connectivity index (χ2v) is 6.19. The number of amides is 2. The van der Waals surface area contributed by atoms with Gasteiger partial charge in [-0.2, -0.15) is 0 Å². The molecule has 1 aliphatic heterocycles. The topological polar surface area (TPSA) is 32.3 Å². The molecule has 2 amide bonds. The molecule has 0 aliphatic carbocycles. The van der Waals surface area contributed by atoms with E-state index in [1.807, 2.05) is 4.90 Å². The van der Waals surface area contributed by atoms with E-state index in [0.29, 0.717) is 0 Å². The SMILES string of the molecule is Cc1cc(C(C)NC(=O)N2CCCC2)c(C)s1. The molecular formula is C13H20N2OS. The minimum absolute atomic E-state index is 0.0817. The van der Waals surface area contributed by atoms with E-state index in [1.54, 1.807) is 11.3 Å². The highest BCUT2D eigenvalue weighted by Crippen LogP contribution is 2.26. The van der Waals surface area contributed by atoms with E-state index in [-0.39, 0.29) is 12.1 Å². The van der Waals surface area contributed by atoms with Gasteiger partial charge in [0.05, 0.1) is 6.04 Å². The maximum Gasteiger partial charge on any atom is 0.317 e. The van der Waals surface area contributed by atoms with Crippen molar-refractivity contribution in [3.8, 4) is 0 Å². The Kier molecular flexibility index (Phi) is 3.72. The van der Waals surface area contributed by atoms with Crippen LogP contribution in [0.15, 0.2) is 6.07 Å².